The molecule has 1 fully saturated rings. The van der Waals surface area contributed by atoms with Gasteiger partial charge in [0.25, 0.3) is 5.91 Å². The highest BCUT2D eigenvalue weighted by molar-refractivity contribution is 5.81. The van der Waals surface area contributed by atoms with Crippen LogP contribution in [0.3, 0.4) is 0 Å². The Labute approximate surface area is 152 Å². The third-order valence-corrected chi connectivity index (χ3v) is 4.51. The summed E-state index contributed by atoms with van der Waals surface area (Å²) in [4.78, 5) is 16.4. The average molecular weight is 358 g/mol. The number of carbonyl (C=O) groups excluding carboxylic acids is 1. The van der Waals surface area contributed by atoms with Crippen molar-refractivity contribution in [1.82, 2.24) is 4.90 Å². The molecule has 0 radical (unpaired) electrons. The van der Waals surface area contributed by atoms with E-state index in [2.05, 4.69) is 0 Å². The molecule has 1 unspecified atom stereocenters. The molecular weight excluding hydrogens is 335 g/mol. The molecule has 6 heteroatoms. The zero-order valence-corrected chi connectivity index (χ0v) is 15.0. The number of ether oxygens (including phenoxy) is 2. The molecule has 2 aromatic rings. The van der Waals surface area contributed by atoms with Crippen molar-refractivity contribution < 1.29 is 18.7 Å². The lowest BCUT2D eigenvalue weighted by molar-refractivity contribution is -0.138. The number of anilines is 1. The number of carbonyl (C=O) groups is 1. The summed E-state index contributed by atoms with van der Waals surface area (Å²) < 4.78 is 25.0. The van der Waals surface area contributed by atoms with Crippen molar-refractivity contribution in [3.63, 3.8) is 0 Å². The Morgan fingerprint density at radius 3 is 2.27 bits per heavy atom. The Morgan fingerprint density at radius 2 is 1.62 bits per heavy atom. The summed E-state index contributed by atoms with van der Waals surface area (Å²) in [7, 11) is 1.57. The van der Waals surface area contributed by atoms with E-state index in [-0.39, 0.29) is 11.7 Å². The van der Waals surface area contributed by atoms with Crippen LogP contribution in [0.4, 0.5) is 10.1 Å². The number of amides is 1. The molecule has 138 valence electrons. The number of methoxy groups -OCH3 is 1. The number of para-hydroxylation sites is 3. The number of rotatable bonds is 5. The maximum Gasteiger partial charge on any atom is 0.263 e. The second kappa shape index (κ2) is 8.08. The third kappa shape index (κ3) is 3.90. The van der Waals surface area contributed by atoms with E-state index in [1.54, 1.807) is 43.2 Å². The average Bonchev–Trinajstić information content (AvgIpc) is 2.68. The summed E-state index contributed by atoms with van der Waals surface area (Å²) in [5.74, 6) is 0.821. The number of hydrogen-bond acceptors (Lipinski definition) is 4. The molecule has 1 heterocycles. The molecule has 0 bridgehead atoms. The third-order valence-electron chi connectivity index (χ3n) is 4.51. The monoisotopic (exact) mass is 358 g/mol. The first kappa shape index (κ1) is 18.0. The number of halogens is 1. The standard InChI is InChI=1S/C20H23FN2O3/c1-15(26-19-10-6-5-9-18(19)25-2)20(24)23-13-11-22(12-14-23)17-8-4-3-7-16(17)21/h3-10,15H,11-14H2,1-2H3. The Hall–Kier alpha value is -2.76. The van der Waals surface area contributed by atoms with Gasteiger partial charge in [-0.1, -0.05) is 24.3 Å². The lowest BCUT2D eigenvalue weighted by atomic mass is 10.2. The smallest absolute Gasteiger partial charge is 0.263 e. The van der Waals surface area contributed by atoms with Crippen molar-refractivity contribution in [2.45, 2.75) is 13.0 Å². The SMILES string of the molecule is COc1ccccc1OC(C)C(=O)N1CCN(c2ccccc2F)CC1. The van der Waals surface area contributed by atoms with Crippen molar-refractivity contribution in [1.29, 1.82) is 0 Å². The van der Waals surface area contributed by atoms with Gasteiger partial charge in [0, 0.05) is 26.2 Å². The molecule has 2 aromatic carbocycles. The highest BCUT2D eigenvalue weighted by Crippen LogP contribution is 2.27. The molecule has 26 heavy (non-hydrogen) atoms. The minimum Gasteiger partial charge on any atom is -0.493 e. The van der Waals surface area contributed by atoms with Crippen LogP contribution < -0.4 is 14.4 Å². The molecule has 1 aliphatic heterocycles. The number of benzene rings is 2. The molecule has 1 amide bonds. The summed E-state index contributed by atoms with van der Waals surface area (Å²) in [6.45, 7) is 3.99. The summed E-state index contributed by atoms with van der Waals surface area (Å²) >= 11 is 0. The number of nitrogens with zero attached hydrogens (tertiary/aromatic N) is 2. The quantitative estimate of drug-likeness (QED) is 0.824. The summed E-state index contributed by atoms with van der Waals surface area (Å²) in [5, 5.41) is 0. The molecule has 5 nitrogen and oxygen atoms in total. The summed E-state index contributed by atoms with van der Waals surface area (Å²) in [6.07, 6.45) is -0.619. The largest absolute Gasteiger partial charge is 0.493 e. The molecule has 0 aliphatic carbocycles. The van der Waals surface area contributed by atoms with Crippen LogP contribution in [0.15, 0.2) is 48.5 Å². The lowest BCUT2D eigenvalue weighted by Crippen LogP contribution is -2.52. The van der Waals surface area contributed by atoms with Crippen molar-refractivity contribution in [3.05, 3.63) is 54.3 Å². The topological polar surface area (TPSA) is 42.0 Å². The van der Waals surface area contributed by atoms with E-state index < -0.39 is 6.10 Å². The Bertz CT molecular complexity index is 760. The molecule has 0 saturated carbocycles. The van der Waals surface area contributed by atoms with Crippen molar-refractivity contribution >= 4 is 11.6 Å². The lowest BCUT2D eigenvalue weighted by Gasteiger charge is -2.37. The Balaban J connectivity index is 1.59. The van der Waals surface area contributed by atoms with Gasteiger partial charge in [-0.3, -0.25) is 4.79 Å². The van der Waals surface area contributed by atoms with Gasteiger partial charge in [-0.2, -0.15) is 0 Å². The van der Waals surface area contributed by atoms with Crippen molar-refractivity contribution in [2.24, 2.45) is 0 Å². The van der Waals surface area contributed by atoms with Crippen molar-refractivity contribution in [3.8, 4) is 11.5 Å². The van der Waals surface area contributed by atoms with E-state index >= 15 is 0 Å². The first-order valence-electron chi connectivity index (χ1n) is 8.68. The van der Waals surface area contributed by atoms with Crippen LogP contribution in [0, 0.1) is 5.82 Å². The van der Waals surface area contributed by atoms with E-state index in [1.807, 2.05) is 23.1 Å². The minimum absolute atomic E-state index is 0.0795. The maximum absolute atomic E-state index is 13.9. The zero-order chi connectivity index (χ0) is 18.5. The van der Waals surface area contributed by atoms with E-state index in [4.69, 9.17) is 9.47 Å². The molecule has 0 N–H and O–H groups in total. The van der Waals surface area contributed by atoms with Crippen LogP contribution in [0.25, 0.3) is 0 Å². The minimum atomic E-state index is -0.619. The number of hydrogen-bond donors (Lipinski definition) is 0. The van der Waals surface area contributed by atoms with Gasteiger partial charge in [-0.15, -0.1) is 0 Å². The van der Waals surface area contributed by atoms with E-state index in [9.17, 15) is 9.18 Å². The van der Waals surface area contributed by atoms with Gasteiger partial charge in [-0.05, 0) is 31.2 Å². The molecular formula is C20H23FN2O3. The van der Waals surface area contributed by atoms with Gasteiger partial charge in [-0.25, -0.2) is 4.39 Å². The first-order valence-corrected chi connectivity index (χ1v) is 8.68. The fourth-order valence-corrected chi connectivity index (χ4v) is 3.09. The van der Waals surface area contributed by atoms with E-state index in [0.717, 1.165) is 0 Å². The number of piperazine rings is 1. The first-order chi connectivity index (χ1) is 12.6. The van der Waals surface area contributed by atoms with Crippen LogP contribution in [0.2, 0.25) is 0 Å². The van der Waals surface area contributed by atoms with E-state index in [0.29, 0.717) is 43.4 Å². The van der Waals surface area contributed by atoms with Gasteiger partial charge in [0.05, 0.1) is 12.8 Å². The van der Waals surface area contributed by atoms with Gasteiger partial charge >= 0.3 is 0 Å². The molecule has 0 spiro atoms. The molecule has 1 aliphatic rings. The Morgan fingerprint density at radius 1 is 1.00 bits per heavy atom. The fourth-order valence-electron chi connectivity index (χ4n) is 3.09. The van der Waals surface area contributed by atoms with E-state index in [1.165, 1.54) is 6.07 Å². The van der Waals surface area contributed by atoms with Gasteiger partial charge < -0.3 is 19.3 Å². The second-order valence-corrected chi connectivity index (χ2v) is 6.17. The van der Waals surface area contributed by atoms with Crippen LogP contribution >= 0.6 is 0 Å². The van der Waals surface area contributed by atoms with Gasteiger partial charge in [0.1, 0.15) is 5.82 Å². The molecule has 0 aromatic heterocycles. The van der Waals surface area contributed by atoms with Crippen LogP contribution in [0.5, 0.6) is 11.5 Å². The predicted octanol–water partition coefficient (Wildman–Crippen LogP) is 2.95. The molecule has 3 rings (SSSR count). The predicted molar refractivity (Wildman–Crippen MR) is 98.3 cm³/mol. The van der Waals surface area contributed by atoms with Crippen LogP contribution in [-0.2, 0) is 4.79 Å². The molecule has 1 atom stereocenters. The zero-order valence-electron chi connectivity index (χ0n) is 15.0. The molecule has 1 saturated heterocycles. The maximum atomic E-state index is 13.9. The van der Waals surface area contributed by atoms with Crippen LogP contribution in [0.1, 0.15) is 6.92 Å². The van der Waals surface area contributed by atoms with Crippen molar-refractivity contribution in [2.75, 3.05) is 38.2 Å². The summed E-state index contributed by atoms with van der Waals surface area (Å²) in [6, 6.07) is 14.0. The van der Waals surface area contributed by atoms with Gasteiger partial charge in [0.15, 0.2) is 17.6 Å². The van der Waals surface area contributed by atoms with Gasteiger partial charge in [0.2, 0.25) is 0 Å². The normalized spacial score (nSPS) is 15.5. The van der Waals surface area contributed by atoms with Crippen LogP contribution in [-0.4, -0.2) is 50.2 Å². The Kier molecular flexibility index (Phi) is 5.61. The summed E-state index contributed by atoms with van der Waals surface area (Å²) in [5.41, 5.74) is 0.581. The second-order valence-electron chi connectivity index (χ2n) is 6.17. The fraction of sp³-hybridized carbons (Fsp3) is 0.350. The highest BCUT2D eigenvalue weighted by atomic mass is 19.1. The highest BCUT2D eigenvalue weighted by Gasteiger charge is 2.27.